The summed E-state index contributed by atoms with van der Waals surface area (Å²) < 4.78 is 18.8. The van der Waals surface area contributed by atoms with E-state index < -0.39 is 0 Å². The van der Waals surface area contributed by atoms with Crippen molar-refractivity contribution < 1.29 is 9.13 Å². The normalized spacial score (nSPS) is 17.7. The molecule has 152 valence electrons. The first-order valence-corrected chi connectivity index (χ1v) is 9.94. The summed E-state index contributed by atoms with van der Waals surface area (Å²) in [5.74, 6) is 1.62. The van der Waals surface area contributed by atoms with Crippen molar-refractivity contribution in [2.45, 2.75) is 44.7 Å². The molecule has 29 heavy (non-hydrogen) atoms. The molecule has 0 saturated heterocycles. The van der Waals surface area contributed by atoms with Gasteiger partial charge in [0.2, 0.25) is 0 Å². The van der Waals surface area contributed by atoms with E-state index in [0.717, 1.165) is 18.6 Å². The lowest BCUT2D eigenvalue weighted by molar-refractivity contribution is 0.418. The van der Waals surface area contributed by atoms with Gasteiger partial charge in [-0.3, -0.25) is 0 Å². The van der Waals surface area contributed by atoms with Crippen LogP contribution in [0.2, 0.25) is 0 Å². The molecule has 0 bridgehead atoms. The van der Waals surface area contributed by atoms with Gasteiger partial charge in [-0.25, -0.2) is 4.39 Å². The van der Waals surface area contributed by atoms with Crippen molar-refractivity contribution >= 4 is 12.4 Å². The Kier molecular flexibility index (Phi) is 6.94. The molecular formula is C25H27ClFNO. The van der Waals surface area contributed by atoms with Gasteiger partial charge >= 0.3 is 0 Å². The molecule has 0 fully saturated rings. The largest absolute Gasteiger partial charge is 0.457 e. The van der Waals surface area contributed by atoms with Crippen LogP contribution in [0.4, 0.5) is 4.39 Å². The van der Waals surface area contributed by atoms with Gasteiger partial charge in [0.15, 0.2) is 0 Å². The molecule has 1 aliphatic rings. The third-order valence-electron chi connectivity index (χ3n) is 5.36. The third kappa shape index (κ3) is 5.17. The molecule has 0 spiro atoms. The smallest absolute Gasteiger partial charge is 0.127 e. The molecule has 0 aliphatic heterocycles. The Morgan fingerprint density at radius 2 is 1.55 bits per heavy atom. The molecule has 3 aromatic rings. The maximum Gasteiger partial charge on any atom is 0.127 e. The van der Waals surface area contributed by atoms with E-state index in [0.29, 0.717) is 23.8 Å². The molecule has 0 unspecified atom stereocenters. The van der Waals surface area contributed by atoms with Crippen LogP contribution < -0.4 is 10.1 Å². The zero-order chi connectivity index (χ0) is 19.5. The maximum atomic E-state index is 13.0. The molecule has 1 N–H and O–H groups in total. The van der Waals surface area contributed by atoms with E-state index >= 15 is 0 Å². The summed E-state index contributed by atoms with van der Waals surface area (Å²) in [5, 5.41) is 3.75. The van der Waals surface area contributed by atoms with Crippen molar-refractivity contribution in [3.8, 4) is 11.5 Å². The topological polar surface area (TPSA) is 21.3 Å². The minimum atomic E-state index is -0.260. The van der Waals surface area contributed by atoms with E-state index in [1.807, 2.05) is 12.1 Å². The van der Waals surface area contributed by atoms with Gasteiger partial charge in [0.05, 0.1) is 0 Å². The van der Waals surface area contributed by atoms with Crippen LogP contribution in [0.1, 0.15) is 36.5 Å². The van der Waals surface area contributed by atoms with Crippen LogP contribution in [0.15, 0.2) is 72.8 Å². The summed E-state index contributed by atoms with van der Waals surface area (Å²) in [6.45, 7) is 4.42. The molecule has 2 atom stereocenters. The van der Waals surface area contributed by atoms with Crippen molar-refractivity contribution in [1.29, 1.82) is 0 Å². The first-order valence-electron chi connectivity index (χ1n) is 9.94. The summed E-state index contributed by atoms with van der Waals surface area (Å²) in [7, 11) is 0. The predicted octanol–water partition coefficient (Wildman–Crippen LogP) is 6.29. The van der Waals surface area contributed by atoms with Gasteiger partial charge in [-0.15, -0.1) is 12.4 Å². The Morgan fingerprint density at radius 3 is 2.21 bits per heavy atom. The van der Waals surface area contributed by atoms with Crippen LogP contribution in [0.3, 0.4) is 0 Å². The van der Waals surface area contributed by atoms with E-state index in [9.17, 15) is 4.39 Å². The molecule has 0 saturated carbocycles. The Morgan fingerprint density at radius 1 is 0.931 bits per heavy atom. The molecule has 0 heterocycles. The monoisotopic (exact) mass is 411 g/mol. The van der Waals surface area contributed by atoms with Crippen LogP contribution >= 0.6 is 12.4 Å². The number of benzene rings is 3. The fourth-order valence-corrected chi connectivity index (χ4v) is 4.12. The van der Waals surface area contributed by atoms with E-state index in [2.05, 4.69) is 55.6 Å². The van der Waals surface area contributed by atoms with E-state index in [1.54, 1.807) is 12.1 Å². The highest BCUT2D eigenvalue weighted by Gasteiger charge is 2.32. The maximum absolute atomic E-state index is 13.0. The fourth-order valence-electron chi connectivity index (χ4n) is 4.12. The first-order chi connectivity index (χ1) is 13.6. The second-order valence-electron chi connectivity index (χ2n) is 7.84. The van der Waals surface area contributed by atoms with Gasteiger partial charge in [-0.2, -0.15) is 0 Å². The lowest BCUT2D eigenvalue weighted by Gasteiger charge is -2.24. The van der Waals surface area contributed by atoms with Crippen molar-refractivity contribution in [1.82, 2.24) is 5.32 Å². The highest BCUT2D eigenvalue weighted by atomic mass is 35.5. The van der Waals surface area contributed by atoms with Gasteiger partial charge in [0.1, 0.15) is 17.3 Å². The Balaban J connectivity index is 0.00000240. The van der Waals surface area contributed by atoms with Gasteiger partial charge in [-0.05, 0) is 65.9 Å². The highest BCUT2D eigenvalue weighted by Crippen LogP contribution is 2.36. The zero-order valence-corrected chi connectivity index (χ0v) is 17.6. The first kappa shape index (κ1) is 21.4. The summed E-state index contributed by atoms with van der Waals surface area (Å²) >= 11 is 0. The third-order valence-corrected chi connectivity index (χ3v) is 5.36. The minimum Gasteiger partial charge on any atom is -0.457 e. The zero-order valence-electron chi connectivity index (χ0n) is 16.8. The van der Waals surface area contributed by atoms with Gasteiger partial charge in [0, 0.05) is 18.0 Å². The summed E-state index contributed by atoms with van der Waals surface area (Å²) in [4.78, 5) is 0. The molecule has 1 aliphatic carbocycles. The lowest BCUT2D eigenvalue weighted by atomic mass is 9.90. The quantitative estimate of drug-likeness (QED) is 0.514. The Hall–Kier alpha value is -2.36. The van der Waals surface area contributed by atoms with Crippen molar-refractivity contribution in [2.75, 3.05) is 0 Å². The van der Waals surface area contributed by atoms with Crippen LogP contribution in [-0.2, 0) is 12.8 Å². The van der Waals surface area contributed by atoms with Crippen molar-refractivity contribution in [3.05, 3.63) is 95.3 Å². The molecule has 4 heteroatoms. The van der Waals surface area contributed by atoms with Gasteiger partial charge in [0.25, 0.3) is 0 Å². The lowest BCUT2D eigenvalue weighted by Crippen LogP contribution is -2.38. The molecular weight excluding hydrogens is 385 g/mol. The molecule has 0 aromatic heterocycles. The van der Waals surface area contributed by atoms with Crippen LogP contribution in [0.25, 0.3) is 0 Å². The second-order valence-corrected chi connectivity index (χ2v) is 7.84. The van der Waals surface area contributed by atoms with Gasteiger partial charge in [-0.1, -0.05) is 50.2 Å². The summed E-state index contributed by atoms with van der Waals surface area (Å²) in [6, 6.07) is 24.1. The minimum absolute atomic E-state index is 0. The Labute approximate surface area is 178 Å². The van der Waals surface area contributed by atoms with E-state index in [1.165, 1.54) is 28.8 Å². The number of ether oxygens (including phenoxy) is 1. The van der Waals surface area contributed by atoms with E-state index in [4.69, 9.17) is 4.74 Å². The Bertz CT molecular complexity index is 924. The predicted molar refractivity (Wildman–Crippen MR) is 119 cm³/mol. The molecule has 4 rings (SSSR count). The summed E-state index contributed by atoms with van der Waals surface area (Å²) in [5.41, 5.74) is 4.22. The number of rotatable bonds is 6. The standard InChI is InChI=1S/C25H26FNO.ClH/c1-17(2)27-25-16-19-5-3-4-6-23(19)24(25)15-18-7-11-21(12-8-18)28-22-13-9-20(26)10-14-22;/h3-14,17,24-25,27H,15-16H2,1-2H3;1H/t24-,25+;/m1./s1. The SMILES string of the molecule is CC(C)N[C@H]1Cc2ccccc2[C@H]1Cc1ccc(Oc2ccc(F)cc2)cc1.Cl. The number of halogens is 2. The van der Waals surface area contributed by atoms with E-state index in [-0.39, 0.29) is 18.2 Å². The number of fused-ring (bicyclic) bond motifs is 1. The number of hydrogen-bond acceptors (Lipinski definition) is 2. The molecule has 0 radical (unpaired) electrons. The molecule has 2 nitrogen and oxygen atoms in total. The molecule has 0 amide bonds. The second kappa shape index (κ2) is 9.43. The molecule has 3 aromatic carbocycles. The fraction of sp³-hybridized carbons (Fsp3) is 0.280. The van der Waals surface area contributed by atoms with Gasteiger partial charge < -0.3 is 10.1 Å². The highest BCUT2D eigenvalue weighted by molar-refractivity contribution is 5.85. The summed E-state index contributed by atoms with van der Waals surface area (Å²) in [6.07, 6.45) is 2.09. The number of hydrogen-bond donors (Lipinski definition) is 1. The van der Waals surface area contributed by atoms with Crippen LogP contribution in [-0.4, -0.2) is 12.1 Å². The van der Waals surface area contributed by atoms with Crippen molar-refractivity contribution in [3.63, 3.8) is 0 Å². The average Bonchev–Trinajstić information content (AvgIpc) is 3.02. The average molecular weight is 412 g/mol. The van der Waals surface area contributed by atoms with Crippen molar-refractivity contribution in [2.24, 2.45) is 0 Å². The van der Waals surface area contributed by atoms with Crippen LogP contribution in [0, 0.1) is 5.82 Å². The number of nitrogens with one attached hydrogen (secondary N) is 1. The van der Waals surface area contributed by atoms with Crippen LogP contribution in [0.5, 0.6) is 11.5 Å².